The zero-order valence-electron chi connectivity index (χ0n) is 10.6. The molecule has 0 bridgehead atoms. The van der Waals surface area contributed by atoms with Gasteiger partial charge in [-0.1, -0.05) is 18.6 Å². The van der Waals surface area contributed by atoms with Crippen molar-refractivity contribution in [2.75, 3.05) is 6.54 Å². The Morgan fingerprint density at radius 1 is 1.29 bits per heavy atom. The lowest BCUT2D eigenvalue weighted by Crippen LogP contribution is -2.27. The highest BCUT2D eigenvalue weighted by atomic mass is 19.1. The van der Waals surface area contributed by atoms with Gasteiger partial charge >= 0.3 is 0 Å². The van der Waals surface area contributed by atoms with Crippen LogP contribution < -0.4 is 5.32 Å². The van der Waals surface area contributed by atoms with Crippen LogP contribution in [-0.2, 0) is 0 Å². The molecule has 1 atom stereocenters. The molecular weight excluding hydrogens is 220 g/mol. The summed E-state index contributed by atoms with van der Waals surface area (Å²) in [5, 5.41) is 3.33. The highest BCUT2D eigenvalue weighted by Gasteiger charge is 2.04. The maximum absolute atomic E-state index is 13.0. The van der Waals surface area contributed by atoms with Crippen molar-refractivity contribution in [1.29, 1.82) is 0 Å². The van der Waals surface area contributed by atoms with E-state index < -0.39 is 11.6 Å². The summed E-state index contributed by atoms with van der Waals surface area (Å²) in [4.78, 5) is 0. The monoisotopic (exact) mass is 239 g/mol. The van der Waals surface area contributed by atoms with Crippen molar-refractivity contribution in [3.8, 4) is 0 Å². The van der Waals surface area contributed by atoms with Crippen LogP contribution in [0.4, 0.5) is 8.78 Å². The molecule has 0 aromatic heterocycles. The molecule has 0 spiro atoms. The Morgan fingerprint density at radius 2 is 1.88 bits per heavy atom. The fraction of sp³-hybridized carbons (Fsp3) is 0.429. The molecule has 1 rings (SSSR count). The van der Waals surface area contributed by atoms with E-state index in [1.165, 1.54) is 12.1 Å². The van der Waals surface area contributed by atoms with Gasteiger partial charge in [-0.2, -0.15) is 0 Å². The normalized spacial score (nSPS) is 13.8. The maximum Gasteiger partial charge on any atom is 0.126 e. The molecule has 0 heterocycles. The van der Waals surface area contributed by atoms with E-state index in [4.69, 9.17) is 0 Å². The van der Waals surface area contributed by atoms with Gasteiger partial charge in [0.25, 0.3) is 0 Å². The molecule has 3 heteroatoms. The Hall–Kier alpha value is -1.22. The number of nitrogens with one attached hydrogen (secondary N) is 1. The van der Waals surface area contributed by atoms with E-state index in [1.807, 2.05) is 13.8 Å². The molecule has 17 heavy (non-hydrogen) atoms. The average molecular weight is 239 g/mol. The second kappa shape index (κ2) is 6.50. The van der Waals surface area contributed by atoms with Crippen LogP contribution in [0.1, 0.15) is 32.8 Å². The molecule has 1 nitrogen and oxygen atoms in total. The zero-order valence-corrected chi connectivity index (χ0v) is 10.6. The molecule has 1 aromatic carbocycles. The second-order valence-electron chi connectivity index (χ2n) is 4.27. The smallest absolute Gasteiger partial charge is 0.126 e. The molecule has 1 aromatic rings. The Morgan fingerprint density at radius 3 is 2.41 bits per heavy atom. The minimum atomic E-state index is -0.543. The lowest BCUT2D eigenvalue weighted by Gasteiger charge is -2.14. The van der Waals surface area contributed by atoms with Gasteiger partial charge in [0.2, 0.25) is 0 Å². The van der Waals surface area contributed by atoms with Crippen molar-refractivity contribution in [1.82, 2.24) is 5.32 Å². The Balaban J connectivity index is 2.79. The highest BCUT2D eigenvalue weighted by molar-refractivity contribution is 5.53. The van der Waals surface area contributed by atoms with Crippen molar-refractivity contribution >= 4 is 6.08 Å². The summed E-state index contributed by atoms with van der Waals surface area (Å²) in [6.07, 6.45) is 2.87. The van der Waals surface area contributed by atoms with Crippen molar-refractivity contribution < 1.29 is 8.78 Å². The number of halogens is 2. The number of rotatable bonds is 5. The van der Waals surface area contributed by atoms with Gasteiger partial charge in [-0.25, -0.2) is 8.78 Å². The van der Waals surface area contributed by atoms with E-state index in [0.717, 1.165) is 24.6 Å². The minimum Gasteiger partial charge on any atom is -0.311 e. The molecule has 0 saturated carbocycles. The first-order chi connectivity index (χ1) is 8.02. The summed E-state index contributed by atoms with van der Waals surface area (Å²) in [5.41, 5.74) is 1.62. The molecule has 0 aliphatic rings. The highest BCUT2D eigenvalue weighted by Crippen LogP contribution is 2.13. The number of hydrogen-bond donors (Lipinski definition) is 1. The standard InChI is InChI=1S/C14H19F2N/c1-4-5-17-11(3)10(2)6-12-7-13(15)9-14(16)8-12/h6-9,11,17H,4-5H2,1-3H3/b10-6+. The molecule has 0 aliphatic carbocycles. The molecule has 1 unspecified atom stereocenters. The Labute approximate surface area is 102 Å². The molecule has 0 saturated heterocycles. The predicted octanol–water partition coefficient (Wildman–Crippen LogP) is 3.76. The summed E-state index contributed by atoms with van der Waals surface area (Å²) < 4.78 is 26.0. The van der Waals surface area contributed by atoms with Crippen molar-refractivity contribution in [2.45, 2.75) is 33.2 Å². The van der Waals surface area contributed by atoms with E-state index in [2.05, 4.69) is 12.2 Å². The molecule has 0 fully saturated rings. The first-order valence-corrected chi connectivity index (χ1v) is 5.90. The SMILES string of the molecule is CCCNC(C)/C(C)=C/c1cc(F)cc(F)c1. The second-order valence-corrected chi connectivity index (χ2v) is 4.27. The third kappa shape index (κ3) is 4.65. The predicted molar refractivity (Wildman–Crippen MR) is 67.8 cm³/mol. The van der Waals surface area contributed by atoms with Gasteiger partial charge in [-0.05, 0) is 44.5 Å². The molecule has 0 amide bonds. The van der Waals surface area contributed by atoms with Gasteiger partial charge in [-0.15, -0.1) is 0 Å². The molecule has 0 radical (unpaired) electrons. The molecule has 94 valence electrons. The average Bonchev–Trinajstić information content (AvgIpc) is 2.24. The van der Waals surface area contributed by atoms with E-state index in [9.17, 15) is 8.78 Å². The first-order valence-electron chi connectivity index (χ1n) is 5.90. The Kier molecular flexibility index (Phi) is 5.29. The van der Waals surface area contributed by atoms with Gasteiger partial charge in [0.1, 0.15) is 11.6 Å². The van der Waals surface area contributed by atoms with Crippen LogP contribution in [-0.4, -0.2) is 12.6 Å². The Bertz CT molecular complexity index is 379. The van der Waals surface area contributed by atoms with Gasteiger partial charge in [0.05, 0.1) is 0 Å². The van der Waals surface area contributed by atoms with Crippen LogP contribution >= 0.6 is 0 Å². The van der Waals surface area contributed by atoms with Crippen molar-refractivity contribution in [3.63, 3.8) is 0 Å². The van der Waals surface area contributed by atoms with Crippen LogP contribution in [0.2, 0.25) is 0 Å². The lowest BCUT2D eigenvalue weighted by atomic mass is 10.1. The van der Waals surface area contributed by atoms with Crippen molar-refractivity contribution in [2.24, 2.45) is 0 Å². The fourth-order valence-corrected chi connectivity index (χ4v) is 1.57. The largest absolute Gasteiger partial charge is 0.311 e. The summed E-state index contributed by atoms with van der Waals surface area (Å²) in [6, 6.07) is 3.75. The zero-order chi connectivity index (χ0) is 12.8. The van der Waals surface area contributed by atoms with E-state index in [-0.39, 0.29) is 6.04 Å². The van der Waals surface area contributed by atoms with E-state index in [0.29, 0.717) is 5.56 Å². The number of hydrogen-bond acceptors (Lipinski definition) is 1. The van der Waals surface area contributed by atoms with E-state index >= 15 is 0 Å². The van der Waals surface area contributed by atoms with Gasteiger partial charge in [0.15, 0.2) is 0 Å². The maximum atomic E-state index is 13.0. The number of benzene rings is 1. The molecule has 0 aliphatic heterocycles. The first kappa shape index (κ1) is 13.8. The van der Waals surface area contributed by atoms with E-state index in [1.54, 1.807) is 6.08 Å². The summed E-state index contributed by atoms with van der Waals surface area (Å²) >= 11 is 0. The van der Waals surface area contributed by atoms with Crippen LogP contribution in [0.25, 0.3) is 6.08 Å². The molecular formula is C14H19F2N. The van der Waals surface area contributed by atoms with Crippen LogP contribution in [0, 0.1) is 11.6 Å². The van der Waals surface area contributed by atoms with Crippen molar-refractivity contribution in [3.05, 3.63) is 41.0 Å². The van der Waals surface area contributed by atoms with Gasteiger partial charge in [-0.3, -0.25) is 0 Å². The summed E-state index contributed by atoms with van der Waals surface area (Å²) in [5.74, 6) is -1.09. The van der Waals surface area contributed by atoms with Crippen LogP contribution in [0.15, 0.2) is 23.8 Å². The summed E-state index contributed by atoms with van der Waals surface area (Å²) in [6.45, 7) is 7.03. The lowest BCUT2D eigenvalue weighted by molar-refractivity contribution is 0.582. The van der Waals surface area contributed by atoms with Gasteiger partial charge < -0.3 is 5.32 Å². The van der Waals surface area contributed by atoms with Crippen LogP contribution in [0.5, 0.6) is 0 Å². The van der Waals surface area contributed by atoms with Gasteiger partial charge in [0, 0.05) is 12.1 Å². The summed E-state index contributed by atoms with van der Waals surface area (Å²) in [7, 11) is 0. The van der Waals surface area contributed by atoms with Crippen LogP contribution in [0.3, 0.4) is 0 Å². The fourth-order valence-electron chi connectivity index (χ4n) is 1.57. The minimum absolute atomic E-state index is 0.210. The topological polar surface area (TPSA) is 12.0 Å². The third-order valence-electron chi connectivity index (χ3n) is 2.66. The quantitative estimate of drug-likeness (QED) is 0.825. The molecule has 1 N–H and O–H groups in total. The third-order valence-corrected chi connectivity index (χ3v) is 2.66.